The predicted molar refractivity (Wildman–Crippen MR) is 90.9 cm³/mol. The van der Waals surface area contributed by atoms with Crippen LogP contribution in [0.15, 0.2) is 36.4 Å². The van der Waals surface area contributed by atoms with Crippen molar-refractivity contribution in [3.05, 3.63) is 46.2 Å². The van der Waals surface area contributed by atoms with Crippen molar-refractivity contribution in [1.82, 2.24) is 0 Å². The second kappa shape index (κ2) is 7.66. The molecule has 5 heteroatoms. The number of amides is 1. The number of rotatable bonds is 6. The number of nitrogens with one attached hydrogen (secondary N) is 1. The number of methoxy groups -OCH3 is 1. The largest absolute Gasteiger partial charge is 0.493 e. The summed E-state index contributed by atoms with van der Waals surface area (Å²) in [6.45, 7) is 4.51. The fraction of sp³-hybridized carbons (Fsp3) is 0.235. The molecular formula is C17H19NO3S. The molecule has 0 saturated heterocycles. The Morgan fingerprint density at radius 2 is 2.09 bits per heavy atom. The molecule has 0 atom stereocenters. The molecule has 4 nitrogen and oxygen atoms in total. The Labute approximate surface area is 134 Å². The number of benzene rings is 1. The minimum absolute atomic E-state index is 0.183. The van der Waals surface area contributed by atoms with Gasteiger partial charge in [-0.2, -0.15) is 0 Å². The van der Waals surface area contributed by atoms with Crippen LogP contribution in [0.25, 0.3) is 6.08 Å². The zero-order valence-corrected chi connectivity index (χ0v) is 13.7. The van der Waals surface area contributed by atoms with Crippen molar-refractivity contribution in [2.24, 2.45) is 0 Å². The van der Waals surface area contributed by atoms with Crippen molar-refractivity contribution < 1.29 is 14.3 Å². The zero-order valence-electron chi connectivity index (χ0n) is 12.9. The summed E-state index contributed by atoms with van der Waals surface area (Å²) in [6, 6.07) is 9.33. The molecule has 0 spiro atoms. The SMILES string of the molecule is CCOc1ccc(NC(=O)/C=C/c2ccc(C)s2)cc1OC. The number of carbonyl (C=O) groups excluding carboxylic acids is 1. The molecule has 0 aliphatic carbocycles. The highest BCUT2D eigenvalue weighted by atomic mass is 32.1. The van der Waals surface area contributed by atoms with E-state index in [1.54, 1.807) is 42.7 Å². The highest BCUT2D eigenvalue weighted by Crippen LogP contribution is 2.30. The molecular weight excluding hydrogens is 298 g/mol. The van der Waals surface area contributed by atoms with Gasteiger partial charge < -0.3 is 14.8 Å². The van der Waals surface area contributed by atoms with Gasteiger partial charge in [0, 0.05) is 27.6 Å². The molecule has 0 radical (unpaired) electrons. The number of anilines is 1. The number of aryl methyl sites for hydroxylation is 1. The van der Waals surface area contributed by atoms with Gasteiger partial charge in [0.15, 0.2) is 11.5 Å². The van der Waals surface area contributed by atoms with E-state index in [9.17, 15) is 4.79 Å². The summed E-state index contributed by atoms with van der Waals surface area (Å²) >= 11 is 1.65. The molecule has 22 heavy (non-hydrogen) atoms. The Bertz CT molecular complexity index is 676. The minimum Gasteiger partial charge on any atom is -0.493 e. The fourth-order valence-electron chi connectivity index (χ4n) is 1.90. The average molecular weight is 317 g/mol. The van der Waals surface area contributed by atoms with E-state index >= 15 is 0 Å². The van der Waals surface area contributed by atoms with Gasteiger partial charge in [-0.25, -0.2) is 0 Å². The maximum Gasteiger partial charge on any atom is 0.248 e. The Morgan fingerprint density at radius 1 is 1.27 bits per heavy atom. The van der Waals surface area contributed by atoms with E-state index in [2.05, 4.69) is 5.32 Å². The van der Waals surface area contributed by atoms with Crippen molar-refractivity contribution in [1.29, 1.82) is 0 Å². The van der Waals surface area contributed by atoms with E-state index in [1.807, 2.05) is 26.0 Å². The normalized spacial score (nSPS) is 10.7. The lowest BCUT2D eigenvalue weighted by molar-refractivity contribution is -0.111. The fourth-order valence-corrected chi connectivity index (χ4v) is 2.68. The minimum atomic E-state index is -0.183. The van der Waals surface area contributed by atoms with Crippen molar-refractivity contribution in [3.8, 4) is 11.5 Å². The van der Waals surface area contributed by atoms with Gasteiger partial charge in [-0.05, 0) is 44.2 Å². The van der Waals surface area contributed by atoms with Crippen LogP contribution in [0.4, 0.5) is 5.69 Å². The summed E-state index contributed by atoms with van der Waals surface area (Å²) in [5.41, 5.74) is 0.664. The first-order chi connectivity index (χ1) is 10.6. The number of carbonyl (C=O) groups is 1. The monoisotopic (exact) mass is 317 g/mol. The summed E-state index contributed by atoms with van der Waals surface area (Å²) in [4.78, 5) is 14.2. The first-order valence-corrected chi connectivity index (χ1v) is 7.80. The van der Waals surface area contributed by atoms with E-state index in [0.29, 0.717) is 23.8 Å². The van der Waals surface area contributed by atoms with Crippen LogP contribution in [0.1, 0.15) is 16.7 Å². The molecule has 2 rings (SSSR count). The standard InChI is InChI=1S/C17H19NO3S/c1-4-21-15-9-6-13(11-16(15)20-3)18-17(19)10-8-14-7-5-12(2)22-14/h5-11H,4H2,1-3H3,(H,18,19)/b10-8+. The van der Waals surface area contributed by atoms with Crippen LogP contribution in [0.2, 0.25) is 0 Å². The first kappa shape index (κ1) is 16.1. The predicted octanol–water partition coefficient (Wildman–Crippen LogP) is 4.12. The Morgan fingerprint density at radius 3 is 2.73 bits per heavy atom. The van der Waals surface area contributed by atoms with Crippen molar-refractivity contribution in [2.75, 3.05) is 19.0 Å². The van der Waals surface area contributed by atoms with Crippen LogP contribution in [0.5, 0.6) is 11.5 Å². The molecule has 1 amide bonds. The lowest BCUT2D eigenvalue weighted by Crippen LogP contribution is -2.08. The smallest absolute Gasteiger partial charge is 0.248 e. The number of hydrogen-bond donors (Lipinski definition) is 1. The van der Waals surface area contributed by atoms with Crippen molar-refractivity contribution in [2.45, 2.75) is 13.8 Å². The molecule has 1 heterocycles. The highest BCUT2D eigenvalue weighted by molar-refractivity contribution is 7.12. The van der Waals surface area contributed by atoms with E-state index in [0.717, 1.165) is 4.88 Å². The lowest BCUT2D eigenvalue weighted by atomic mass is 10.2. The molecule has 0 fully saturated rings. The number of hydrogen-bond acceptors (Lipinski definition) is 4. The van der Waals surface area contributed by atoms with E-state index in [1.165, 1.54) is 11.0 Å². The summed E-state index contributed by atoms with van der Waals surface area (Å²) < 4.78 is 10.7. The lowest BCUT2D eigenvalue weighted by Gasteiger charge is -2.11. The van der Waals surface area contributed by atoms with E-state index in [-0.39, 0.29) is 5.91 Å². The maximum atomic E-state index is 11.9. The van der Waals surface area contributed by atoms with Crippen LogP contribution < -0.4 is 14.8 Å². The Balaban J connectivity index is 2.03. The van der Waals surface area contributed by atoms with Gasteiger partial charge in [-0.15, -0.1) is 11.3 Å². The quantitative estimate of drug-likeness (QED) is 0.815. The summed E-state index contributed by atoms with van der Waals surface area (Å²) in [6.07, 6.45) is 3.33. The first-order valence-electron chi connectivity index (χ1n) is 6.98. The molecule has 0 saturated carbocycles. The van der Waals surface area contributed by atoms with Crippen LogP contribution in [-0.2, 0) is 4.79 Å². The molecule has 1 aromatic heterocycles. The second-order valence-corrected chi connectivity index (χ2v) is 5.89. The molecule has 116 valence electrons. The highest BCUT2D eigenvalue weighted by Gasteiger charge is 2.06. The van der Waals surface area contributed by atoms with Gasteiger partial charge in [-0.1, -0.05) is 0 Å². The molecule has 0 aliphatic rings. The van der Waals surface area contributed by atoms with Crippen LogP contribution >= 0.6 is 11.3 Å². The third-order valence-corrected chi connectivity index (χ3v) is 3.86. The Hall–Kier alpha value is -2.27. The van der Waals surface area contributed by atoms with Gasteiger partial charge >= 0.3 is 0 Å². The zero-order chi connectivity index (χ0) is 15.9. The summed E-state index contributed by atoms with van der Waals surface area (Å²) in [7, 11) is 1.57. The van der Waals surface area contributed by atoms with E-state index in [4.69, 9.17) is 9.47 Å². The van der Waals surface area contributed by atoms with Gasteiger partial charge in [0.1, 0.15) is 0 Å². The van der Waals surface area contributed by atoms with Gasteiger partial charge in [0.05, 0.1) is 13.7 Å². The van der Waals surface area contributed by atoms with Gasteiger partial charge in [0.2, 0.25) is 5.91 Å². The van der Waals surface area contributed by atoms with Crippen LogP contribution in [0, 0.1) is 6.92 Å². The summed E-state index contributed by atoms with van der Waals surface area (Å²) in [5.74, 6) is 1.07. The van der Waals surface area contributed by atoms with Crippen LogP contribution in [-0.4, -0.2) is 19.6 Å². The molecule has 0 unspecified atom stereocenters. The molecule has 2 aromatic rings. The van der Waals surface area contributed by atoms with Crippen molar-refractivity contribution in [3.63, 3.8) is 0 Å². The molecule has 0 aliphatic heterocycles. The molecule has 1 N–H and O–H groups in total. The third kappa shape index (κ3) is 4.36. The average Bonchev–Trinajstić information content (AvgIpc) is 2.92. The van der Waals surface area contributed by atoms with E-state index < -0.39 is 0 Å². The number of ether oxygens (including phenoxy) is 2. The maximum absolute atomic E-state index is 11.9. The third-order valence-electron chi connectivity index (χ3n) is 2.89. The molecule has 1 aromatic carbocycles. The Kier molecular flexibility index (Phi) is 5.61. The molecule has 0 bridgehead atoms. The number of thiophene rings is 1. The summed E-state index contributed by atoms with van der Waals surface area (Å²) in [5, 5.41) is 2.81. The second-order valence-electron chi connectivity index (χ2n) is 4.57. The topological polar surface area (TPSA) is 47.6 Å². The van der Waals surface area contributed by atoms with Gasteiger partial charge in [0.25, 0.3) is 0 Å². The van der Waals surface area contributed by atoms with Crippen molar-refractivity contribution >= 4 is 29.0 Å². The van der Waals surface area contributed by atoms with Crippen LogP contribution in [0.3, 0.4) is 0 Å². The van der Waals surface area contributed by atoms with Gasteiger partial charge in [-0.3, -0.25) is 4.79 Å².